The molecule has 0 spiro atoms. The van der Waals surface area contributed by atoms with Gasteiger partial charge >= 0.3 is 0 Å². The highest BCUT2D eigenvalue weighted by atomic mass is 35.5. The Morgan fingerprint density at radius 1 is 1.45 bits per heavy atom. The van der Waals surface area contributed by atoms with Crippen LogP contribution in [0.5, 0.6) is 5.75 Å². The first-order chi connectivity index (χ1) is 9.58. The molecule has 2 rings (SSSR count). The van der Waals surface area contributed by atoms with Gasteiger partial charge in [-0.3, -0.25) is 4.79 Å². The van der Waals surface area contributed by atoms with Crippen molar-refractivity contribution in [3.8, 4) is 5.75 Å². The number of likely N-dealkylation sites (tertiary alicyclic amines) is 1. The van der Waals surface area contributed by atoms with Gasteiger partial charge in [0.2, 0.25) is 5.91 Å². The Kier molecular flexibility index (Phi) is 5.52. The molecule has 0 aliphatic carbocycles. The largest absolute Gasteiger partial charge is 0.491 e. The molecule has 1 fully saturated rings. The third kappa shape index (κ3) is 4.01. The fourth-order valence-corrected chi connectivity index (χ4v) is 2.58. The second kappa shape index (κ2) is 7.16. The fraction of sp³-hybridized carbons (Fsp3) is 0.500. The number of amides is 1. The highest BCUT2D eigenvalue weighted by Gasteiger charge is 2.20. The monoisotopic (exact) mass is 316 g/mol. The highest BCUT2D eigenvalue weighted by molar-refractivity contribution is 6.42. The van der Waals surface area contributed by atoms with Crippen molar-refractivity contribution in [1.29, 1.82) is 0 Å². The van der Waals surface area contributed by atoms with Crippen LogP contribution < -0.4 is 10.5 Å². The number of piperidine rings is 1. The molecule has 0 radical (unpaired) electrons. The molecule has 1 heterocycles. The van der Waals surface area contributed by atoms with E-state index in [0.29, 0.717) is 28.8 Å². The lowest BCUT2D eigenvalue weighted by atomic mass is 10.1. The zero-order valence-electron chi connectivity index (χ0n) is 11.1. The number of carbonyl (C=O) groups excluding carboxylic acids is 1. The summed E-state index contributed by atoms with van der Waals surface area (Å²) in [6.07, 6.45) is 2.27. The maximum absolute atomic E-state index is 12.0. The van der Waals surface area contributed by atoms with Crippen molar-refractivity contribution >= 4 is 29.1 Å². The summed E-state index contributed by atoms with van der Waals surface area (Å²) < 4.78 is 5.51. The summed E-state index contributed by atoms with van der Waals surface area (Å²) in [7, 11) is 0. The van der Waals surface area contributed by atoms with Crippen LogP contribution in [0.4, 0.5) is 0 Å². The van der Waals surface area contributed by atoms with Crippen molar-refractivity contribution < 1.29 is 9.53 Å². The van der Waals surface area contributed by atoms with Crippen LogP contribution in [0.25, 0.3) is 0 Å². The summed E-state index contributed by atoms with van der Waals surface area (Å²) in [5.41, 5.74) is 5.86. The molecule has 1 aromatic rings. The molecular weight excluding hydrogens is 299 g/mol. The van der Waals surface area contributed by atoms with Gasteiger partial charge in [0.05, 0.1) is 18.1 Å². The third-order valence-electron chi connectivity index (χ3n) is 3.30. The number of hydrogen-bond acceptors (Lipinski definition) is 3. The van der Waals surface area contributed by atoms with Crippen LogP contribution >= 0.6 is 23.2 Å². The van der Waals surface area contributed by atoms with E-state index in [9.17, 15) is 4.79 Å². The molecule has 1 aliphatic rings. The number of nitrogens with zero attached hydrogens (tertiary/aromatic N) is 1. The van der Waals surface area contributed by atoms with E-state index in [1.165, 1.54) is 0 Å². The number of benzene rings is 1. The van der Waals surface area contributed by atoms with Gasteiger partial charge in [-0.25, -0.2) is 0 Å². The van der Waals surface area contributed by atoms with E-state index in [2.05, 4.69) is 0 Å². The Balaban J connectivity index is 1.80. The summed E-state index contributed by atoms with van der Waals surface area (Å²) in [4.78, 5) is 13.8. The molecule has 0 aromatic heterocycles. The Bertz CT molecular complexity index is 482. The van der Waals surface area contributed by atoms with E-state index in [1.54, 1.807) is 23.1 Å². The normalized spacial score (nSPS) is 18.9. The molecule has 1 aliphatic heterocycles. The first kappa shape index (κ1) is 15.4. The lowest BCUT2D eigenvalue weighted by molar-refractivity contribution is -0.132. The zero-order valence-corrected chi connectivity index (χ0v) is 12.7. The molecule has 2 N–H and O–H groups in total. The lowest BCUT2D eigenvalue weighted by Crippen LogP contribution is -2.46. The minimum atomic E-state index is 0.0679. The van der Waals surface area contributed by atoms with Gasteiger partial charge in [0.1, 0.15) is 10.8 Å². The van der Waals surface area contributed by atoms with E-state index in [0.717, 1.165) is 19.4 Å². The van der Waals surface area contributed by atoms with Crippen LogP contribution in [0, 0.1) is 0 Å². The second-order valence-electron chi connectivity index (χ2n) is 4.89. The van der Waals surface area contributed by atoms with Gasteiger partial charge in [-0.05, 0) is 25.0 Å². The molecule has 1 amide bonds. The maximum Gasteiger partial charge on any atom is 0.226 e. The first-order valence-electron chi connectivity index (χ1n) is 6.68. The van der Waals surface area contributed by atoms with E-state index in [1.807, 2.05) is 0 Å². The molecule has 1 unspecified atom stereocenters. The number of hydrogen-bond donors (Lipinski definition) is 1. The number of ether oxygens (including phenoxy) is 1. The molecule has 1 aromatic carbocycles. The smallest absolute Gasteiger partial charge is 0.226 e. The second-order valence-corrected chi connectivity index (χ2v) is 5.68. The predicted molar refractivity (Wildman–Crippen MR) is 80.4 cm³/mol. The molecule has 1 atom stereocenters. The molecule has 20 heavy (non-hydrogen) atoms. The van der Waals surface area contributed by atoms with Crippen LogP contribution in [0.1, 0.15) is 19.3 Å². The van der Waals surface area contributed by atoms with Crippen LogP contribution in [0.3, 0.4) is 0 Å². The third-order valence-corrected chi connectivity index (χ3v) is 4.10. The van der Waals surface area contributed by atoms with Gasteiger partial charge in [-0.1, -0.05) is 29.3 Å². The van der Waals surface area contributed by atoms with Crippen LogP contribution in [-0.4, -0.2) is 36.5 Å². The Morgan fingerprint density at radius 3 is 3.00 bits per heavy atom. The summed E-state index contributed by atoms with van der Waals surface area (Å²) in [6, 6.07) is 5.28. The standard InChI is InChI=1S/C14H18Cl2N2O2/c15-11-4-1-5-12(14(11)16)20-8-6-13(19)18-7-2-3-10(17)9-18/h1,4-5,10H,2-3,6-9,17H2. The SMILES string of the molecule is NC1CCCN(C(=O)CCOc2cccc(Cl)c2Cl)C1. The van der Waals surface area contributed by atoms with Crippen molar-refractivity contribution in [2.24, 2.45) is 5.73 Å². The summed E-state index contributed by atoms with van der Waals surface area (Å²) in [5.74, 6) is 0.570. The van der Waals surface area contributed by atoms with Gasteiger partial charge in [0.15, 0.2) is 0 Å². The van der Waals surface area contributed by atoms with Gasteiger partial charge in [-0.2, -0.15) is 0 Å². The molecule has 1 saturated heterocycles. The number of halogens is 2. The van der Waals surface area contributed by atoms with E-state index in [4.69, 9.17) is 33.7 Å². The van der Waals surface area contributed by atoms with Crippen molar-refractivity contribution in [2.75, 3.05) is 19.7 Å². The van der Waals surface area contributed by atoms with Gasteiger partial charge in [0.25, 0.3) is 0 Å². The number of carbonyl (C=O) groups is 1. The summed E-state index contributed by atoms with van der Waals surface area (Å²) >= 11 is 11.9. The molecule has 4 nitrogen and oxygen atoms in total. The number of nitrogens with two attached hydrogens (primary N) is 1. The first-order valence-corrected chi connectivity index (χ1v) is 7.43. The van der Waals surface area contributed by atoms with Gasteiger partial charge < -0.3 is 15.4 Å². The van der Waals surface area contributed by atoms with E-state index >= 15 is 0 Å². The van der Waals surface area contributed by atoms with E-state index in [-0.39, 0.29) is 18.6 Å². The zero-order chi connectivity index (χ0) is 14.5. The quantitative estimate of drug-likeness (QED) is 0.929. The molecular formula is C14H18Cl2N2O2. The predicted octanol–water partition coefficient (Wildman–Crippen LogP) is 2.71. The lowest BCUT2D eigenvalue weighted by Gasteiger charge is -2.30. The van der Waals surface area contributed by atoms with E-state index < -0.39 is 0 Å². The number of rotatable bonds is 4. The maximum atomic E-state index is 12.0. The Labute approximate surface area is 128 Å². The van der Waals surface area contributed by atoms with Gasteiger partial charge in [-0.15, -0.1) is 0 Å². The molecule has 6 heteroatoms. The molecule has 110 valence electrons. The van der Waals surface area contributed by atoms with Crippen LogP contribution in [0.15, 0.2) is 18.2 Å². The van der Waals surface area contributed by atoms with Crippen molar-refractivity contribution in [3.05, 3.63) is 28.2 Å². The molecule has 0 bridgehead atoms. The van der Waals surface area contributed by atoms with Crippen molar-refractivity contribution in [1.82, 2.24) is 4.90 Å². The summed E-state index contributed by atoms with van der Waals surface area (Å²) in [5, 5.41) is 0.819. The summed E-state index contributed by atoms with van der Waals surface area (Å²) in [6.45, 7) is 1.70. The minimum absolute atomic E-state index is 0.0679. The van der Waals surface area contributed by atoms with Crippen molar-refractivity contribution in [2.45, 2.75) is 25.3 Å². The Hall–Kier alpha value is -0.970. The Morgan fingerprint density at radius 2 is 2.25 bits per heavy atom. The fourth-order valence-electron chi connectivity index (χ4n) is 2.24. The van der Waals surface area contributed by atoms with Crippen LogP contribution in [-0.2, 0) is 4.79 Å². The topological polar surface area (TPSA) is 55.6 Å². The van der Waals surface area contributed by atoms with Crippen LogP contribution in [0.2, 0.25) is 10.0 Å². The van der Waals surface area contributed by atoms with Crippen molar-refractivity contribution in [3.63, 3.8) is 0 Å². The average molecular weight is 317 g/mol. The molecule has 0 saturated carbocycles. The highest BCUT2D eigenvalue weighted by Crippen LogP contribution is 2.31. The minimum Gasteiger partial charge on any atom is -0.491 e. The average Bonchev–Trinajstić information content (AvgIpc) is 2.43. The van der Waals surface area contributed by atoms with Gasteiger partial charge in [0, 0.05) is 19.1 Å².